The Labute approximate surface area is 157 Å². The zero-order valence-corrected chi connectivity index (χ0v) is 15.4. The Morgan fingerprint density at radius 2 is 1.81 bits per heavy atom. The fourth-order valence-corrected chi connectivity index (χ4v) is 3.98. The van der Waals surface area contributed by atoms with E-state index in [1.165, 1.54) is 30.5 Å². The molecule has 2 aromatic rings. The van der Waals surface area contributed by atoms with Gasteiger partial charge in [-0.15, -0.1) is 0 Å². The highest BCUT2D eigenvalue weighted by molar-refractivity contribution is 7.89. The fourth-order valence-electron chi connectivity index (χ4n) is 2.99. The van der Waals surface area contributed by atoms with Gasteiger partial charge in [-0.3, -0.25) is 9.59 Å². The average molecular weight is 391 g/mol. The largest absolute Gasteiger partial charge is 0.468 e. The fraction of sp³-hybridized carbons (Fsp3) is 0.333. The summed E-state index contributed by atoms with van der Waals surface area (Å²) in [5.74, 6) is -0.212. The van der Waals surface area contributed by atoms with E-state index in [9.17, 15) is 18.0 Å². The number of likely N-dealkylation sites (tertiary alicyclic amines) is 1. The van der Waals surface area contributed by atoms with E-state index in [4.69, 9.17) is 10.2 Å². The number of piperidine rings is 1. The van der Waals surface area contributed by atoms with Crippen molar-refractivity contribution in [1.29, 1.82) is 0 Å². The number of hydrogen-bond acceptors (Lipinski definition) is 5. The molecule has 2 amide bonds. The van der Waals surface area contributed by atoms with Crippen LogP contribution in [0, 0.1) is 5.92 Å². The molecule has 0 radical (unpaired) electrons. The molecule has 1 aliphatic heterocycles. The van der Waals surface area contributed by atoms with Crippen molar-refractivity contribution in [3.8, 4) is 0 Å². The lowest BCUT2D eigenvalue weighted by molar-refractivity contribution is -0.123. The molecule has 27 heavy (non-hydrogen) atoms. The number of carbonyl (C=O) groups excluding carboxylic acids is 2. The van der Waals surface area contributed by atoms with Crippen LogP contribution in [0.1, 0.15) is 29.0 Å². The second-order valence-corrected chi connectivity index (χ2v) is 8.16. The number of rotatable bonds is 6. The molecule has 3 N–H and O–H groups in total. The van der Waals surface area contributed by atoms with E-state index in [1.54, 1.807) is 17.0 Å². The predicted molar refractivity (Wildman–Crippen MR) is 97.0 cm³/mol. The van der Waals surface area contributed by atoms with Gasteiger partial charge >= 0.3 is 0 Å². The Morgan fingerprint density at radius 1 is 1.15 bits per heavy atom. The van der Waals surface area contributed by atoms with Crippen LogP contribution in [0.4, 0.5) is 0 Å². The monoisotopic (exact) mass is 391 g/mol. The van der Waals surface area contributed by atoms with Crippen LogP contribution in [-0.2, 0) is 21.4 Å². The summed E-state index contributed by atoms with van der Waals surface area (Å²) in [7, 11) is -3.71. The maximum absolute atomic E-state index is 12.6. The van der Waals surface area contributed by atoms with Crippen LogP contribution < -0.4 is 10.5 Å². The summed E-state index contributed by atoms with van der Waals surface area (Å²) in [6, 6.07) is 9.12. The Balaban J connectivity index is 1.62. The molecule has 0 atom stereocenters. The van der Waals surface area contributed by atoms with Gasteiger partial charge in [0.05, 0.1) is 17.7 Å². The van der Waals surface area contributed by atoms with Crippen LogP contribution >= 0.6 is 0 Å². The molecule has 1 aliphatic rings. The second-order valence-electron chi connectivity index (χ2n) is 6.40. The van der Waals surface area contributed by atoms with Crippen molar-refractivity contribution in [2.24, 2.45) is 11.7 Å². The molecule has 1 saturated heterocycles. The Kier molecular flexibility index (Phi) is 5.62. The average Bonchev–Trinajstić information content (AvgIpc) is 3.20. The first-order valence-corrected chi connectivity index (χ1v) is 10.1. The molecule has 0 saturated carbocycles. The third-order valence-corrected chi connectivity index (χ3v) is 6.03. The van der Waals surface area contributed by atoms with E-state index < -0.39 is 10.0 Å². The number of hydrogen-bond donors (Lipinski definition) is 2. The van der Waals surface area contributed by atoms with Crippen LogP contribution in [-0.4, -0.2) is 38.2 Å². The Bertz CT molecular complexity index is 899. The Morgan fingerprint density at radius 3 is 2.37 bits per heavy atom. The first-order chi connectivity index (χ1) is 12.9. The van der Waals surface area contributed by atoms with Crippen LogP contribution in [0.3, 0.4) is 0 Å². The summed E-state index contributed by atoms with van der Waals surface area (Å²) in [6.45, 7) is 0.958. The lowest BCUT2D eigenvalue weighted by atomic mass is 9.96. The lowest BCUT2D eigenvalue weighted by Gasteiger charge is -2.30. The van der Waals surface area contributed by atoms with E-state index in [-0.39, 0.29) is 29.2 Å². The van der Waals surface area contributed by atoms with Gasteiger partial charge in [0.25, 0.3) is 5.91 Å². The van der Waals surface area contributed by atoms with Crippen LogP contribution in [0.5, 0.6) is 0 Å². The molecule has 0 bridgehead atoms. The van der Waals surface area contributed by atoms with Gasteiger partial charge in [-0.2, -0.15) is 0 Å². The highest BCUT2D eigenvalue weighted by atomic mass is 32.2. The van der Waals surface area contributed by atoms with Gasteiger partial charge < -0.3 is 15.1 Å². The Hall–Kier alpha value is -2.65. The number of nitrogens with zero attached hydrogens (tertiary/aromatic N) is 1. The van der Waals surface area contributed by atoms with Gasteiger partial charge in [0.1, 0.15) is 5.76 Å². The van der Waals surface area contributed by atoms with E-state index in [0.29, 0.717) is 37.3 Å². The summed E-state index contributed by atoms with van der Waals surface area (Å²) >= 11 is 0. The zero-order valence-electron chi connectivity index (χ0n) is 14.6. The molecule has 144 valence electrons. The van der Waals surface area contributed by atoms with Crippen LogP contribution in [0.15, 0.2) is 52.0 Å². The molecule has 0 aliphatic carbocycles. The number of sulfonamides is 1. The number of nitrogens with one attached hydrogen (secondary N) is 1. The molecule has 3 rings (SSSR count). The maximum Gasteiger partial charge on any atom is 0.253 e. The summed E-state index contributed by atoms with van der Waals surface area (Å²) in [5, 5.41) is 0. The van der Waals surface area contributed by atoms with E-state index in [0.717, 1.165) is 0 Å². The molecule has 8 nitrogen and oxygen atoms in total. The molecular weight excluding hydrogens is 370 g/mol. The second kappa shape index (κ2) is 7.93. The molecule has 1 fully saturated rings. The highest BCUT2D eigenvalue weighted by Crippen LogP contribution is 2.19. The topological polar surface area (TPSA) is 123 Å². The normalized spacial score (nSPS) is 15.6. The van der Waals surface area contributed by atoms with Gasteiger partial charge in [-0.1, -0.05) is 0 Å². The van der Waals surface area contributed by atoms with Crippen molar-refractivity contribution in [2.45, 2.75) is 24.3 Å². The first-order valence-electron chi connectivity index (χ1n) is 8.57. The molecule has 2 heterocycles. The first kappa shape index (κ1) is 19.1. The predicted octanol–water partition coefficient (Wildman–Crippen LogP) is 1.10. The van der Waals surface area contributed by atoms with Crippen molar-refractivity contribution in [1.82, 2.24) is 9.62 Å². The van der Waals surface area contributed by atoms with E-state index >= 15 is 0 Å². The minimum atomic E-state index is -3.71. The van der Waals surface area contributed by atoms with Gasteiger partial charge in [-0.25, -0.2) is 13.1 Å². The smallest absolute Gasteiger partial charge is 0.253 e. The summed E-state index contributed by atoms with van der Waals surface area (Å²) in [6.07, 6.45) is 2.56. The van der Waals surface area contributed by atoms with Crippen molar-refractivity contribution < 1.29 is 22.4 Å². The highest BCUT2D eigenvalue weighted by Gasteiger charge is 2.26. The number of amides is 2. The third-order valence-electron chi connectivity index (χ3n) is 4.61. The third kappa shape index (κ3) is 4.55. The number of furan rings is 1. The van der Waals surface area contributed by atoms with Crippen molar-refractivity contribution >= 4 is 21.8 Å². The van der Waals surface area contributed by atoms with Gasteiger partial charge in [0.2, 0.25) is 15.9 Å². The molecular formula is C18H21N3O5S. The number of primary amides is 1. The molecule has 0 unspecified atom stereocenters. The van der Waals surface area contributed by atoms with E-state index in [2.05, 4.69) is 4.72 Å². The number of nitrogens with two attached hydrogens (primary N) is 1. The minimum absolute atomic E-state index is 0.0465. The zero-order chi connectivity index (χ0) is 19.4. The SMILES string of the molecule is NC(=O)C1CCN(C(=O)c2ccc(S(=O)(=O)NCc3ccco3)cc2)CC1. The summed E-state index contributed by atoms with van der Waals surface area (Å²) in [4.78, 5) is 25.5. The van der Waals surface area contributed by atoms with Crippen LogP contribution in [0.2, 0.25) is 0 Å². The number of carbonyl (C=O) groups is 2. The summed E-state index contributed by atoms with van der Waals surface area (Å²) < 4.78 is 32.2. The quantitative estimate of drug-likeness (QED) is 0.763. The molecule has 1 aromatic carbocycles. The van der Waals surface area contributed by atoms with E-state index in [1.807, 2.05) is 0 Å². The van der Waals surface area contributed by atoms with Crippen molar-refractivity contribution in [2.75, 3.05) is 13.1 Å². The maximum atomic E-state index is 12.6. The van der Waals surface area contributed by atoms with Gasteiger partial charge in [-0.05, 0) is 49.2 Å². The minimum Gasteiger partial charge on any atom is -0.468 e. The van der Waals surface area contributed by atoms with Crippen molar-refractivity contribution in [3.63, 3.8) is 0 Å². The van der Waals surface area contributed by atoms with Gasteiger partial charge in [0.15, 0.2) is 0 Å². The van der Waals surface area contributed by atoms with Gasteiger partial charge in [0, 0.05) is 24.6 Å². The number of benzene rings is 1. The molecule has 9 heteroatoms. The standard InChI is InChI=1S/C18H21N3O5S/c19-17(22)13-7-9-21(10-8-13)18(23)14-3-5-16(6-4-14)27(24,25)20-12-15-2-1-11-26-15/h1-6,11,13,20H,7-10,12H2,(H2,19,22). The van der Waals surface area contributed by atoms with Crippen LogP contribution in [0.25, 0.3) is 0 Å². The lowest BCUT2D eigenvalue weighted by Crippen LogP contribution is -2.41. The van der Waals surface area contributed by atoms with Crippen molar-refractivity contribution in [3.05, 3.63) is 54.0 Å². The summed E-state index contributed by atoms with van der Waals surface area (Å²) in [5.41, 5.74) is 5.70. The molecule has 0 spiro atoms. The molecule has 1 aromatic heterocycles.